The second-order valence-corrected chi connectivity index (χ2v) is 14.8. The van der Waals surface area contributed by atoms with Gasteiger partial charge in [-0.2, -0.15) is 0 Å². The number of nitrogens with one attached hydrogen (secondary N) is 1. The van der Waals surface area contributed by atoms with Crippen molar-refractivity contribution in [3.8, 4) is 11.5 Å². The second-order valence-electron chi connectivity index (χ2n) is 14.8. The fourth-order valence-corrected chi connectivity index (χ4v) is 8.63. The first-order valence-electron chi connectivity index (χ1n) is 20.1. The van der Waals surface area contributed by atoms with Crippen molar-refractivity contribution in [2.24, 2.45) is 0 Å². The number of aliphatic hydroxyl groups excluding tert-OH is 2. The average molecular weight is 812 g/mol. The Morgan fingerprint density at radius 1 is 0.590 bits per heavy atom. The fraction of sp³-hybridized carbons (Fsp3) is 0.180. The van der Waals surface area contributed by atoms with E-state index in [0.29, 0.717) is 28.5 Å². The fourth-order valence-electron chi connectivity index (χ4n) is 8.63. The Hall–Kier alpha value is -6.89. The molecule has 0 unspecified atom stereocenters. The Bertz CT molecular complexity index is 2620. The molecule has 9 rings (SSSR count). The van der Waals surface area contributed by atoms with Crippen LogP contribution in [0.4, 0.5) is 5.82 Å². The van der Waals surface area contributed by atoms with E-state index in [1.54, 1.807) is 25.1 Å². The molecule has 0 bridgehead atoms. The van der Waals surface area contributed by atoms with Crippen LogP contribution < -0.4 is 14.8 Å². The lowest BCUT2D eigenvalue weighted by Crippen LogP contribution is -2.39. The van der Waals surface area contributed by atoms with E-state index >= 15 is 0 Å². The van der Waals surface area contributed by atoms with E-state index in [1.165, 1.54) is 6.33 Å². The molecule has 1 aliphatic heterocycles. The highest BCUT2D eigenvalue weighted by Crippen LogP contribution is 2.47. The first kappa shape index (κ1) is 39.6. The molecule has 3 N–H and O–H groups in total. The number of hydrogen-bond acceptors (Lipinski definition) is 10. The maximum atomic E-state index is 11.7. The van der Waals surface area contributed by atoms with E-state index in [0.717, 1.165) is 33.4 Å². The van der Waals surface area contributed by atoms with Crippen molar-refractivity contribution in [1.29, 1.82) is 0 Å². The number of imidazole rings is 1. The van der Waals surface area contributed by atoms with Gasteiger partial charge in [0.05, 0.1) is 27.2 Å². The van der Waals surface area contributed by atoms with Gasteiger partial charge >= 0.3 is 0 Å². The molecule has 0 amide bonds. The molecule has 6 aromatic carbocycles. The Morgan fingerprint density at radius 3 is 1.64 bits per heavy atom. The normalized spacial score (nSPS) is 17.9. The molecule has 2 aromatic heterocycles. The number of rotatable bonds is 14. The van der Waals surface area contributed by atoms with Crippen LogP contribution >= 0.6 is 0 Å². The lowest BCUT2D eigenvalue weighted by Gasteiger charge is -2.38. The largest absolute Gasteiger partial charge is 0.496 e. The molecule has 0 radical (unpaired) electrons. The topological polar surface area (TPSA) is 133 Å². The summed E-state index contributed by atoms with van der Waals surface area (Å²) in [6.07, 6.45) is -1.69. The average Bonchev–Trinajstić information content (AvgIpc) is 3.89. The third kappa shape index (κ3) is 6.97. The minimum Gasteiger partial charge on any atom is -0.496 e. The van der Waals surface area contributed by atoms with Gasteiger partial charge in [-0.3, -0.25) is 4.57 Å². The SMILES string of the molecule is COc1ccccc1C(Nc1ncnc2c1ncn2[C@@H]1O[C@H](COC(c2ccccc2)(c2ccccc2)c2ccccc2OC)[C@@H](O)[C@H]1O)(c1ccccc1)c1ccccc1. The van der Waals surface area contributed by atoms with E-state index in [2.05, 4.69) is 34.6 Å². The standard InChI is InChI=1S/C50H45N5O6/c1-58-40-29-17-15-27-38(40)49(34-19-7-3-8-20-34,35-21-9-4-10-22-35)54-46-43-47(52-32-51-46)55(33-53-43)48-45(57)44(56)42(61-48)31-60-50(36-23-11-5-12-24-36,37-25-13-6-14-26-37)39-28-16-18-30-41(39)59-2/h3-30,32-33,42,44-45,48,56-57H,31H2,1-2H3,(H,51,52,54)/t42-,44-,45-,48-/m1/s1. The summed E-state index contributed by atoms with van der Waals surface area (Å²) in [6, 6.07) is 55.6. The number of nitrogens with zero attached hydrogens (tertiary/aromatic N) is 4. The van der Waals surface area contributed by atoms with Crippen molar-refractivity contribution in [2.75, 3.05) is 26.1 Å². The van der Waals surface area contributed by atoms with Gasteiger partial charge in [0.1, 0.15) is 47.3 Å². The number of hydrogen-bond donors (Lipinski definition) is 3. The quantitative estimate of drug-likeness (QED) is 0.0933. The lowest BCUT2D eigenvalue weighted by molar-refractivity contribution is -0.0945. The third-order valence-electron chi connectivity index (χ3n) is 11.5. The van der Waals surface area contributed by atoms with Crippen molar-refractivity contribution in [3.63, 3.8) is 0 Å². The number of ether oxygens (including phenoxy) is 4. The highest BCUT2D eigenvalue weighted by atomic mass is 16.6. The summed E-state index contributed by atoms with van der Waals surface area (Å²) in [4.78, 5) is 14.2. The van der Waals surface area contributed by atoms with Gasteiger partial charge in [-0.25, -0.2) is 15.0 Å². The molecular weight excluding hydrogens is 767 g/mol. The molecule has 0 spiro atoms. The van der Waals surface area contributed by atoms with Gasteiger partial charge < -0.3 is 34.5 Å². The van der Waals surface area contributed by atoms with Crippen molar-refractivity contribution >= 4 is 17.0 Å². The summed E-state index contributed by atoms with van der Waals surface area (Å²) in [5, 5.41) is 27.2. The minimum atomic E-state index is -1.35. The van der Waals surface area contributed by atoms with E-state index in [9.17, 15) is 10.2 Å². The smallest absolute Gasteiger partial charge is 0.167 e. The van der Waals surface area contributed by atoms with Crippen LogP contribution in [0.15, 0.2) is 183 Å². The maximum Gasteiger partial charge on any atom is 0.167 e. The van der Waals surface area contributed by atoms with Crippen LogP contribution in [0, 0.1) is 0 Å². The Morgan fingerprint density at radius 2 is 1.08 bits per heavy atom. The van der Waals surface area contributed by atoms with Gasteiger partial charge in [0.2, 0.25) is 0 Å². The van der Waals surface area contributed by atoms with E-state index in [4.69, 9.17) is 28.9 Å². The number of benzene rings is 6. The zero-order valence-corrected chi connectivity index (χ0v) is 33.7. The molecule has 11 heteroatoms. The van der Waals surface area contributed by atoms with Gasteiger partial charge in [-0.1, -0.05) is 158 Å². The molecule has 3 heterocycles. The van der Waals surface area contributed by atoms with Crippen LogP contribution in [0.25, 0.3) is 11.2 Å². The van der Waals surface area contributed by atoms with Crippen molar-refractivity contribution < 1.29 is 29.2 Å². The summed E-state index contributed by atoms with van der Waals surface area (Å²) in [6.45, 7) is -0.0967. The third-order valence-corrected chi connectivity index (χ3v) is 11.5. The van der Waals surface area contributed by atoms with Crippen molar-refractivity contribution in [1.82, 2.24) is 19.5 Å². The molecule has 61 heavy (non-hydrogen) atoms. The molecular formula is C50H45N5O6. The number of fused-ring (bicyclic) bond motifs is 1. The number of anilines is 1. The Labute approximate surface area is 353 Å². The zero-order chi connectivity index (χ0) is 41.8. The number of methoxy groups -OCH3 is 2. The number of para-hydroxylation sites is 2. The van der Waals surface area contributed by atoms with Gasteiger partial charge in [-0.15, -0.1) is 0 Å². The summed E-state index contributed by atoms with van der Waals surface area (Å²) < 4.78 is 27.1. The summed E-state index contributed by atoms with van der Waals surface area (Å²) in [5.41, 5.74) is 3.84. The molecule has 0 saturated carbocycles. The second kappa shape index (κ2) is 17.0. The molecule has 1 aliphatic rings. The van der Waals surface area contributed by atoms with Crippen LogP contribution in [-0.2, 0) is 20.6 Å². The van der Waals surface area contributed by atoms with Crippen LogP contribution in [0.3, 0.4) is 0 Å². The molecule has 1 saturated heterocycles. The number of aliphatic hydroxyl groups is 2. The van der Waals surface area contributed by atoms with Crippen molar-refractivity contribution in [2.45, 2.75) is 35.7 Å². The van der Waals surface area contributed by atoms with Gasteiger partial charge in [-0.05, 0) is 34.4 Å². The first-order valence-corrected chi connectivity index (χ1v) is 20.1. The first-order chi connectivity index (χ1) is 30.0. The van der Waals surface area contributed by atoms with Gasteiger partial charge in [0.25, 0.3) is 0 Å². The van der Waals surface area contributed by atoms with Crippen LogP contribution in [-0.4, -0.2) is 68.9 Å². The predicted octanol–water partition coefficient (Wildman–Crippen LogP) is 7.88. The van der Waals surface area contributed by atoms with Crippen LogP contribution in [0.1, 0.15) is 39.6 Å². The summed E-state index contributed by atoms with van der Waals surface area (Å²) in [7, 11) is 3.29. The molecule has 0 aliphatic carbocycles. The number of aromatic nitrogens is 4. The molecule has 4 atom stereocenters. The summed E-state index contributed by atoms with van der Waals surface area (Å²) >= 11 is 0. The van der Waals surface area contributed by atoms with Gasteiger partial charge in [0.15, 0.2) is 23.2 Å². The Kier molecular flexibility index (Phi) is 11.0. The minimum absolute atomic E-state index is 0.0967. The lowest BCUT2D eigenvalue weighted by atomic mass is 9.76. The van der Waals surface area contributed by atoms with Gasteiger partial charge in [0, 0.05) is 11.1 Å². The van der Waals surface area contributed by atoms with E-state index in [-0.39, 0.29) is 6.61 Å². The highest BCUT2D eigenvalue weighted by molar-refractivity contribution is 5.84. The molecule has 8 aromatic rings. The van der Waals surface area contributed by atoms with E-state index in [1.807, 2.05) is 146 Å². The Balaban J connectivity index is 1.09. The molecule has 11 nitrogen and oxygen atoms in total. The monoisotopic (exact) mass is 811 g/mol. The highest BCUT2D eigenvalue weighted by Gasteiger charge is 2.48. The predicted molar refractivity (Wildman–Crippen MR) is 232 cm³/mol. The van der Waals surface area contributed by atoms with Crippen molar-refractivity contribution in [3.05, 3.63) is 216 Å². The maximum absolute atomic E-state index is 11.7. The zero-order valence-electron chi connectivity index (χ0n) is 33.7. The molecule has 306 valence electrons. The van der Waals surface area contributed by atoms with Crippen LogP contribution in [0.2, 0.25) is 0 Å². The van der Waals surface area contributed by atoms with E-state index < -0.39 is 35.7 Å². The summed E-state index contributed by atoms with van der Waals surface area (Å²) in [5.74, 6) is 1.74. The van der Waals surface area contributed by atoms with Crippen LogP contribution in [0.5, 0.6) is 11.5 Å². The molecule has 1 fully saturated rings.